The number of benzene rings is 2. The van der Waals surface area contributed by atoms with Crippen LogP contribution in [-0.2, 0) is 15.1 Å². The van der Waals surface area contributed by atoms with Crippen molar-refractivity contribution < 1.29 is 14.6 Å². The largest absolute Gasteiger partial charge is 0.465 e. The molecule has 112 valence electrons. The molecule has 3 heteroatoms. The third-order valence-electron chi connectivity index (χ3n) is 4.32. The van der Waals surface area contributed by atoms with Crippen LogP contribution < -0.4 is 0 Å². The lowest BCUT2D eigenvalue weighted by Crippen LogP contribution is -2.46. The van der Waals surface area contributed by atoms with Gasteiger partial charge in [0, 0.05) is 0 Å². The van der Waals surface area contributed by atoms with Gasteiger partial charge in [0.2, 0.25) is 0 Å². The first-order chi connectivity index (χ1) is 9.82. The Morgan fingerprint density at radius 3 is 2.38 bits per heavy atom. The smallest absolute Gasteiger partial charge is 0.314 e. The van der Waals surface area contributed by atoms with Crippen molar-refractivity contribution in [2.45, 2.75) is 33.3 Å². The lowest BCUT2D eigenvalue weighted by molar-refractivity contribution is -0.170. The maximum atomic E-state index is 12.2. The first kappa shape index (κ1) is 15.5. The van der Waals surface area contributed by atoms with E-state index in [9.17, 15) is 9.90 Å². The molecule has 1 N–H and O–H groups in total. The molecule has 21 heavy (non-hydrogen) atoms. The molecule has 0 heterocycles. The molecule has 0 spiro atoms. The Morgan fingerprint density at radius 1 is 1.10 bits per heavy atom. The molecule has 1 unspecified atom stereocenters. The van der Waals surface area contributed by atoms with E-state index in [0.717, 1.165) is 16.3 Å². The predicted octanol–water partition coefficient (Wildman–Crippen LogP) is 3.64. The molecule has 2 aromatic carbocycles. The highest BCUT2D eigenvalue weighted by Gasteiger charge is 2.48. The maximum absolute atomic E-state index is 12.2. The van der Waals surface area contributed by atoms with Gasteiger partial charge in [0.15, 0.2) is 0 Å². The molecule has 0 saturated heterocycles. The van der Waals surface area contributed by atoms with Gasteiger partial charge in [-0.05, 0) is 44.0 Å². The highest BCUT2D eigenvalue weighted by Crippen LogP contribution is 2.42. The average molecular weight is 286 g/mol. The highest BCUT2D eigenvalue weighted by atomic mass is 16.5. The van der Waals surface area contributed by atoms with Gasteiger partial charge in [-0.25, -0.2) is 0 Å². The van der Waals surface area contributed by atoms with Crippen LogP contribution in [0.1, 0.15) is 33.3 Å². The quantitative estimate of drug-likeness (QED) is 0.873. The number of hydrogen-bond donors (Lipinski definition) is 1. The van der Waals surface area contributed by atoms with E-state index in [0.29, 0.717) is 6.61 Å². The minimum Gasteiger partial charge on any atom is -0.465 e. The van der Waals surface area contributed by atoms with Gasteiger partial charge in [-0.15, -0.1) is 0 Å². The van der Waals surface area contributed by atoms with Crippen molar-refractivity contribution in [3.63, 3.8) is 0 Å². The Kier molecular flexibility index (Phi) is 4.06. The lowest BCUT2D eigenvalue weighted by Gasteiger charge is -2.38. The first-order valence-electron chi connectivity index (χ1n) is 7.20. The molecule has 2 aromatic rings. The fraction of sp³-hybridized carbons (Fsp3) is 0.389. The number of fused-ring (bicyclic) bond motifs is 1. The molecule has 0 bridgehead atoms. The maximum Gasteiger partial charge on any atom is 0.314 e. The van der Waals surface area contributed by atoms with E-state index in [1.165, 1.54) is 0 Å². The van der Waals surface area contributed by atoms with Crippen LogP contribution in [0.3, 0.4) is 0 Å². The topological polar surface area (TPSA) is 46.5 Å². The highest BCUT2D eigenvalue weighted by molar-refractivity contribution is 5.88. The molecule has 0 aliphatic heterocycles. The van der Waals surface area contributed by atoms with Gasteiger partial charge in [-0.2, -0.15) is 0 Å². The zero-order valence-electron chi connectivity index (χ0n) is 13.0. The Morgan fingerprint density at radius 2 is 1.71 bits per heavy atom. The van der Waals surface area contributed by atoms with Crippen molar-refractivity contribution in [3.8, 4) is 0 Å². The lowest BCUT2D eigenvalue weighted by atomic mass is 9.71. The van der Waals surface area contributed by atoms with Crippen LogP contribution in [0.2, 0.25) is 0 Å². The molecular formula is C18H22O3. The van der Waals surface area contributed by atoms with Crippen molar-refractivity contribution in [2.24, 2.45) is 5.41 Å². The third-order valence-corrected chi connectivity index (χ3v) is 4.32. The van der Waals surface area contributed by atoms with Gasteiger partial charge in [0.1, 0.15) is 5.60 Å². The minimum atomic E-state index is -1.33. The van der Waals surface area contributed by atoms with E-state index >= 15 is 0 Å². The number of ether oxygens (including phenoxy) is 1. The van der Waals surface area contributed by atoms with E-state index in [-0.39, 0.29) is 0 Å². The molecular weight excluding hydrogens is 264 g/mol. The fourth-order valence-corrected chi connectivity index (χ4v) is 2.50. The summed E-state index contributed by atoms with van der Waals surface area (Å²) < 4.78 is 5.13. The molecule has 0 radical (unpaired) electrons. The van der Waals surface area contributed by atoms with Crippen LogP contribution in [0.4, 0.5) is 0 Å². The third kappa shape index (κ3) is 2.54. The molecule has 0 aliphatic carbocycles. The summed E-state index contributed by atoms with van der Waals surface area (Å²) in [5.74, 6) is -0.400. The average Bonchev–Trinajstić information content (AvgIpc) is 2.46. The van der Waals surface area contributed by atoms with Crippen LogP contribution in [-0.4, -0.2) is 17.7 Å². The number of esters is 1. The van der Waals surface area contributed by atoms with Gasteiger partial charge in [0.05, 0.1) is 12.0 Å². The molecule has 0 fully saturated rings. The van der Waals surface area contributed by atoms with Gasteiger partial charge < -0.3 is 9.84 Å². The molecule has 0 saturated carbocycles. The zero-order chi connectivity index (χ0) is 15.7. The predicted molar refractivity (Wildman–Crippen MR) is 83.9 cm³/mol. The van der Waals surface area contributed by atoms with E-state index in [1.807, 2.05) is 42.5 Å². The van der Waals surface area contributed by atoms with E-state index in [2.05, 4.69) is 0 Å². The zero-order valence-corrected chi connectivity index (χ0v) is 13.0. The second-order valence-electron chi connectivity index (χ2n) is 5.94. The Bertz CT molecular complexity index is 651. The summed E-state index contributed by atoms with van der Waals surface area (Å²) in [7, 11) is 0. The van der Waals surface area contributed by atoms with E-state index in [4.69, 9.17) is 4.74 Å². The van der Waals surface area contributed by atoms with Gasteiger partial charge >= 0.3 is 5.97 Å². The molecule has 1 atom stereocenters. The summed E-state index contributed by atoms with van der Waals surface area (Å²) in [6.45, 7) is 7.17. The van der Waals surface area contributed by atoms with E-state index < -0.39 is 17.0 Å². The van der Waals surface area contributed by atoms with Crippen molar-refractivity contribution in [1.82, 2.24) is 0 Å². The standard InChI is InChI=1S/C18H22O3/c1-5-21-16(19)17(2,3)18(4,20)15-12-8-10-13-9-6-7-11-14(13)15/h6-12,20H,5H2,1-4H3. The van der Waals surface area contributed by atoms with Crippen LogP contribution in [0.25, 0.3) is 10.8 Å². The Hall–Kier alpha value is -1.87. The summed E-state index contributed by atoms with van der Waals surface area (Å²) in [4.78, 5) is 12.2. The molecule has 0 aromatic heterocycles. The Balaban J connectivity index is 2.58. The van der Waals surface area contributed by atoms with Gasteiger partial charge in [-0.1, -0.05) is 42.5 Å². The van der Waals surface area contributed by atoms with Crippen molar-refractivity contribution in [3.05, 3.63) is 48.0 Å². The SMILES string of the molecule is CCOC(=O)C(C)(C)C(C)(O)c1cccc2ccccc12. The van der Waals surface area contributed by atoms with Crippen molar-refractivity contribution >= 4 is 16.7 Å². The normalized spacial score (nSPS) is 14.7. The number of carbonyl (C=O) groups is 1. The Labute approximate surface area is 125 Å². The molecule has 3 nitrogen and oxygen atoms in total. The minimum absolute atomic E-state index is 0.299. The molecule has 0 amide bonds. The first-order valence-corrected chi connectivity index (χ1v) is 7.20. The summed E-state index contributed by atoms with van der Waals surface area (Å²) >= 11 is 0. The number of carbonyl (C=O) groups excluding carboxylic acids is 1. The number of hydrogen-bond acceptors (Lipinski definition) is 3. The monoisotopic (exact) mass is 286 g/mol. The number of rotatable bonds is 4. The number of aliphatic hydroxyl groups is 1. The van der Waals surface area contributed by atoms with Crippen LogP contribution in [0, 0.1) is 5.41 Å². The summed E-state index contributed by atoms with van der Waals surface area (Å²) in [6.07, 6.45) is 0. The molecule has 0 aliphatic rings. The van der Waals surface area contributed by atoms with E-state index in [1.54, 1.807) is 27.7 Å². The summed E-state index contributed by atoms with van der Waals surface area (Å²) in [5, 5.41) is 13.1. The fourth-order valence-electron chi connectivity index (χ4n) is 2.50. The van der Waals surface area contributed by atoms with Gasteiger partial charge in [-0.3, -0.25) is 4.79 Å². The van der Waals surface area contributed by atoms with Crippen LogP contribution in [0.15, 0.2) is 42.5 Å². The van der Waals surface area contributed by atoms with Crippen LogP contribution in [0.5, 0.6) is 0 Å². The van der Waals surface area contributed by atoms with Crippen molar-refractivity contribution in [1.29, 1.82) is 0 Å². The van der Waals surface area contributed by atoms with Crippen molar-refractivity contribution in [2.75, 3.05) is 6.61 Å². The molecule has 2 rings (SSSR count). The second-order valence-corrected chi connectivity index (χ2v) is 5.94. The summed E-state index contributed by atoms with van der Waals surface area (Å²) in [6, 6.07) is 13.6. The second kappa shape index (κ2) is 5.49. The summed E-state index contributed by atoms with van der Waals surface area (Å²) in [5.41, 5.74) is -1.65. The van der Waals surface area contributed by atoms with Gasteiger partial charge in [0.25, 0.3) is 0 Å². The van der Waals surface area contributed by atoms with Crippen LogP contribution >= 0.6 is 0 Å².